The Morgan fingerprint density at radius 2 is 1.92 bits per heavy atom. The minimum Gasteiger partial charge on any atom is -0.358 e. The zero-order valence-electron chi connectivity index (χ0n) is 13.8. The third-order valence-electron chi connectivity index (χ3n) is 4.28. The van der Waals surface area contributed by atoms with Crippen LogP contribution in [0.15, 0.2) is 30.3 Å². The fraction of sp³-hybridized carbons (Fsp3) is 0.211. The maximum absolute atomic E-state index is 13.7. The molecule has 2 N–H and O–H groups in total. The van der Waals surface area contributed by atoms with Gasteiger partial charge in [-0.2, -0.15) is 0 Å². The highest BCUT2D eigenvalue weighted by Crippen LogP contribution is 2.26. The van der Waals surface area contributed by atoms with E-state index in [1.54, 1.807) is 0 Å². The number of H-pyrrole nitrogens is 1. The zero-order valence-corrected chi connectivity index (χ0v) is 13.8. The molecule has 24 heavy (non-hydrogen) atoms. The van der Waals surface area contributed by atoms with Crippen molar-refractivity contribution in [2.45, 2.75) is 27.3 Å². The quantitative estimate of drug-likeness (QED) is 0.740. The fourth-order valence-corrected chi connectivity index (χ4v) is 2.88. The van der Waals surface area contributed by atoms with Gasteiger partial charge in [-0.3, -0.25) is 4.79 Å². The summed E-state index contributed by atoms with van der Waals surface area (Å²) in [4.78, 5) is 15.5. The Balaban J connectivity index is 1.89. The normalized spacial score (nSPS) is 11.0. The van der Waals surface area contributed by atoms with Gasteiger partial charge in [0.2, 0.25) is 0 Å². The molecule has 1 heterocycles. The van der Waals surface area contributed by atoms with Crippen LogP contribution < -0.4 is 5.32 Å². The number of benzene rings is 2. The molecule has 0 unspecified atom stereocenters. The molecule has 0 aliphatic rings. The summed E-state index contributed by atoms with van der Waals surface area (Å²) in [6.45, 7) is 6.25. The van der Waals surface area contributed by atoms with E-state index < -0.39 is 17.5 Å². The Morgan fingerprint density at radius 1 is 1.17 bits per heavy atom. The first kappa shape index (κ1) is 16.2. The number of carbonyl (C=O) groups excluding carboxylic acids is 1. The van der Waals surface area contributed by atoms with Crippen molar-refractivity contribution in [2.24, 2.45) is 0 Å². The third-order valence-corrected chi connectivity index (χ3v) is 4.28. The average molecular weight is 328 g/mol. The molecular weight excluding hydrogens is 310 g/mol. The van der Waals surface area contributed by atoms with E-state index in [4.69, 9.17) is 0 Å². The summed E-state index contributed by atoms with van der Waals surface area (Å²) in [7, 11) is 0. The highest BCUT2D eigenvalue weighted by Gasteiger charge is 2.16. The molecule has 124 valence electrons. The number of hydrogen-bond donors (Lipinski definition) is 2. The Hall–Kier alpha value is -2.69. The first-order chi connectivity index (χ1) is 11.4. The van der Waals surface area contributed by atoms with Crippen molar-refractivity contribution in [2.75, 3.05) is 0 Å². The van der Waals surface area contributed by atoms with Crippen molar-refractivity contribution in [1.29, 1.82) is 0 Å². The predicted octanol–water partition coefficient (Wildman–Crippen LogP) is 4.30. The molecule has 0 radical (unpaired) electrons. The molecule has 1 aromatic heterocycles. The summed E-state index contributed by atoms with van der Waals surface area (Å²) in [5.41, 5.74) is 4.88. The molecule has 3 rings (SSSR count). The van der Waals surface area contributed by atoms with Gasteiger partial charge in [-0.25, -0.2) is 8.78 Å². The molecule has 5 heteroatoms. The topological polar surface area (TPSA) is 44.9 Å². The molecule has 3 nitrogen and oxygen atoms in total. The van der Waals surface area contributed by atoms with Gasteiger partial charge < -0.3 is 10.3 Å². The number of amides is 1. The minimum absolute atomic E-state index is 0.229. The molecule has 2 aromatic carbocycles. The average Bonchev–Trinajstić information content (AvgIpc) is 2.83. The van der Waals surface area contributed by atoms with E-state index in [2.05, 4.69) is 16.4 Å². The van der Waals surface area contributed by atoms with Crippen LogP contribution in [0.4, 0.5) is 8.78 Å². The molecule has 0 aliphatic carbocycles. The number of carbonyl (C=O) groups is 1. The summed E-state index contributed by atoms with van der Waals surface area (Å²) in [6, 6.07) is 7.63. The van der Waals surface area contributed by atoms with Crippen LogP contribution in [0.5, 0.6) is 0 Å². The Labute approximate surface area is 138 Å². The van der Waals surface area contributed by atoms with Crippen molar-refractivity contribution in [3.8, 4) is 0 Å². The lowest BCUT2D eigenvalue weighted by Crippen LogP contribution is -2.24. The van der Waals surface area contributed by atoms with E-state index in [0.29, 0.717) is 0 Å². The van der Waals surface area contributed by atoms with Crippen LogP contribution in [-0.4, -0.2) is 10.9 Å². The lowest BCUT2D eigenvalue weighted by Gasteiger charge is -2.09. The SMILES string of the molecule is Cc1cc(CNC(=O)c2cccc(F)c2F)c2[nH]c(C)c(C)c2c1. The summed E-state index contributed by atoms with van der Waals surface area (Å²) in [5, 5.41) is 3.77. The number of fused-ring (bicyclic) bond motifs is 1. The smallest absolute Gasteiger partial charge is 0.254 e. The molecule has 0 aliphatic heterocycles. The number of halogens is 2. The van der Waals surface area contributed by atoms with Gasteiger partial charge in [0.25, 0.3) is 5.91 Å². The van der Waals surface area contributed by atoms with Crippen molar-refractivity contribution < 1.29 is 13.6 Å². The van der Waals surface area contributed by atoms with Gasteiger partial charge in [-0.1, -0.05) is 17.7 Å². The van der Waals surface area contributed by atoms with E-state index in [1.807, 2.05) is 26.8 Å². The Morgan fingerprint density at radius 3 is 2.67 bits per heavy atom. The number of hydrogen-bond acceptors (Lipinski definition) is 1. The zero-order chi connectivity index (χ0) is 17.4. The van der Waals surface area contributed by atoms with Crippen LogP contribution >= 0.6 is 0 Å². The molecule has 3 aromatic rings. The van der Waals surface area contributed by atoms with Gasteiger partial charge in [-0.05, 0) is 50.1 Å². The standard InChI is InChI=1S/C19H18F2N2O/c1-10-7-13(18-15(8-10)11(2)12(3)23-18)9-22-19(24)14-5-4-6-16(20)17(14)21/h4-8,23H,9H2,1-3H3,(H,22,24). The lowest BCUT2D eigenvalue weighted by atomic mass is 10.0. The molecule has 1 amide bonds. The molecule has 0 saturated carbocycles. The summed E-state index contributed by atoms with van der Waals surface area (Å²) in [6.07, 6.45) is 0. The molecule has 0 saturated heterocycles. The van der Waals surface area contributed by atoms with Crippen LogP contribution in [-0.2, 0) is 6.54 Å². The number of aromatic nitrogens is 1. The number of aromatic amines is 1. The van der Waals surface area contributed by atoms with Gasteiger partial charge in [-0.15, -0.1) is 0 Å². The second-order valence-electron chi connectivity index (χ2n) is 6.01. The molecular formula is C19H18F2N2O. The summed E-state index contributed by atoms with van der Waals surface area (Å²) >= 11 is 0. The van der Waals surface area contributed by atoms with E-state index in [9.17, 15) is 13.6 Å². The van der Waals surface area contributed by atoms with E-state index >= 15 is 0 Å². The van der Waals surface area contributed by atoms with Crippen molar-refractivity contribution in [3.63, 3.8) is 0 Å². The largest absolute Gasteiger partial charge is 0.358 e. The third kappa shape index (κ3) is 2.77. The van der Waals surface area contributed by atoms with Gasteiger partial charge in [0.05, 0.1) is 11.1 Å². The van der Waals surface area contributed by atoms with Crippen LogP contribution in [0.3, 0.4) is 0 Å². The highest BCUT2D eigenvalue weighted by molar-refractivity contribution is 5.95. The molecule has 0 bridgehead atoms. The van der Waals surface area contributed by atoms with Gasteiger partial charge in [0.15, 0.2) is 11.6 Å². The first-order valence-corrected chi connectivity index (χ1v) is 7.69. The number of nitrogens with one attached hydrogen (secondary N) is 2. The van der Waals surface area contributed by atoms with Crippen molar-refractivity contribution >= 4 is 16.8 Å². The van der Waals surface area contributed by atoms with Crippen LogP contribution in [0, 0.1) is 32.4 Å². The molecule has 0 spiro atoms. The molecule has 0 atom stereocenters. The summed E-state index contributed by atoms with van der Waals surface area (Å²) in [5.74, 6) is -2.80. The van der Waals surface area contributed by atoms with Crippen LogP contribution in [0.2, 0.25) is 0 Å². The minimum atomic E-state index is -1.13. The van der Waals surface area contributed by atoms with E-state index in [0.717, 1.165) is 39.4 Å². The van der Waals surface area contributed by atoms with Crippen LogP contribution in [0.25, 0.3) is 10.9 Å². The van der Waals surface area contributed by atoms with Gasteiger partial charge in [0.1, 0.15) is 0 Å². The second-order valence-corrected chi connectivity index (χ2v) is 6.01. The maximum atomic E-state index is 13.7. The van der Waals surface area contributed by atoms with E-state index in [-0.39, 0.29) is 12.1 Å². The maximum Gasteiger partial charge on any atom is 0.254 e. The molecule has 0 fully saturated rings. The Kier molecular flexibility index (Phi) is 4.09. The van der Waals surface area contributed by atoms with Crippen molar-refractivity contribution in [3.05, 3.63) is 69.9 Å². The van der Waals surface area contributed by atoms with Gasteiger partial charge in [0, 0.05) is 17.6 Å². The number of rotatable bonds is 3. The van der Waals surface area contributed by atoms with E-state index in [1.165, 1.54) is 12.1 Å². The monoisotopic (exact) mass is 328 g/mol. The first-order valence-electron chi connectivity index (χ1n) is 7.69. The predicted molar refractivity (Wildman–Crippen MR) is 90.0 cm³/mol. The second kappa shape index (κ2) is 6.07. The summed E-state index contributed by atoms with van der Waals surface area (Å²) < 4.78 is 27.0. The fourth-order valence-electron chi connectivity index (χ4n) is 2.88. The Bertz CT molecular complexity index is 944. The lowest BCUT2D eigenvalue weighted by molar-refractivity contribution is 0.0946. The number of aryl methyl sites for hydroxylation is 3. The van der Waals surface area contributed by atoms with Crippen molar-refractivity contribution in [1.82, 2.24) is 10.3 Å². The van der Waals surface area contributed by atoms with Gasteiger partial charge >= 0.3 is 0 Å². The highest BCUT2D eigenvalue weighted by atomic mass is 19.2. The van der Waals surface area contributed by atoms with Crippen LogP contribution in [0.1, 0.15) is 32.7 Å².